The van der Waals surface area contributed by atoms with Crippen molar-refractivity contribution in [1.82, 2.24) is 0 Å². The zero-order chi connectivity index (χ0) is 12.6. The smallest absolute Gasteiger partial charge is 0.203 e. The molecule has 0 aliphatic heterocycles. The van der Waals surface area contributed by atoms with E-state index in [1.165, 1.54) is 21.3 Å². The number of carbonyl (C=O) groups is 1. The van der Waals surface area contributed by atoms with E-state index in [4.69, 9.17) is 19.9 Å². The number of nitrogens with two attached hydrogens (primary N) is 1. The molecule has 1 aliphatic carbocycles. The van der Waals surface area contributed by atoms with E-state index in [1.807, 2.05) is 0 Å². The van der Waals surface area contributed by atoms with Crippen LogP contribution in [-0.4, -0.2) is 33.2 Å². The third-order valence-corrected chi connectivity index (χ3v) is 2.96. The average Bonchev–Trinajstić information content (AvgIpc) is 2.63. The van der Waals surface area contributed by atoms with Gasteiger partial charge >= 0.3 is 0 Å². The minimum Gasteiger partial charge on any atom is -0.493 e. The minimum absolute atomic E-state index is 0.0840. The lowest BCUT2D eigenvalue weighted by atomic mass is 10.1. The van der Waals surface area contributed by atoms with Gasteiger partial charge in [-0.3, -0.25) is 4.79 Å². The summed E-state index contributed by atoms with van der Waals surface area (Å²) in [6.07, 6.45) is 0.470. The van der Waals surface area contributed by atoms with Gasteiger partial charge in [-0.05, 0) is 12.5 Å². The number of carbonyl (C=O) groups excluding carboxylic acids is 1. The van der Waals surface area contributed by atoms with E-state index < -0.39 is 6.04 Å². The molecule has 0 amide bonds. The van der Waals surface area contributed by atoms with Crippen LogP contribution in [0.5, 0.6) is 17.2 Å². The number of methoxy groups -OCH3 is 3. The van der Waals surface area contributed by atoms with E-state index in [0.29, 0.717) is 29.2 Å². The number of fused-ring (bicyclic) bond motifs is 1. The monoisotopic (exact) mass is 237 g/mol. The molecular formula is C12H15NO4. The summed E-state index contributed by atoms with van der Waals surface area (Å²) in [6.45, 7) is 0. The Hall–Kier alpha value is -1.75. The molecule has 0 bridgehead atoms. The molecule has 0 aromatic heterocycles. The van der Waals surface area contributed by atoms with Gasteiger partial charge in [-0.25, -0.2) is 0 Å². The highest BCUT2D eigenvalue weighted by Crippen LogP contribution is 2.44. The van der Waals surface area contributed by atoms with Crippen LogP contribution in [0.1, 0.15) is 15.9 Å². The summed E-state index contributed by atoms with van der Waals surface area (Å²) in [5.74, 6) is 1.42. The summed E-state index contributed by atoms with van der Waals surface area (Å²) in [5, 5.41) is 0. The summed E-state index contributed by atoms with van der Waals surface area (Å²) in [5.41, 5.74) is 7.10. The van der Waals surface area contributed by atoms with E-state index >= 15 is 0 Å². The van der Waals surface area contributed by atoms with Crippen LogP contribution in [0.3, 0.4) is 0 Å². The molecule has 0 saturated heterocycles. The molecule has 1 aromatic carbocycles. The highest BCUT2D eigenvalue weighted by atomic mass is 16.5. The maximum absolute atomic E-state index is 11.9. The molecule has 0 radical (unpaired) electrons. The first-order chi connectivity index (χ1) is 8.13. The third kappa shape index (κ3) is 1.63. The molecule has 17 heavy (non-hydrogen) atoms. The van der Waals surface area contributed by atoms with Crippen molar-refractivity contribution < 1.29 is 19.0 Å². The van der Waals surface area contributed by atoms with Crippen LogP contribution >= 0.6 is 0 Å². The quantitative estimate of drug-likeness (QED) is 0.841. The molecule has 0 fully saturated rings. The Morgan fingerprint density at radius 3 is 2.35 bits per heavy atom. The molecule has 92 valence electrons. The van der Waals surface area contributed by atoms with Gasteiger partial charge < -0.3 is 19.9 Å². The molecule has 0 saturated carbocycles. The molecule has 2 rings (SSSR count). The summed E-state index contributed by atoms with van der Waals surface area (Å²) in [7, 11) is 4.58. The number of benzene rings is 1. The first-order valence-electron chi connectivity index (χ1n) is 5.25. The zero-order valence-corrected chi connectivity index (χ0v) is 10.1. The Morgan fingerprint density at radius 2 is 1.82 bits per heavy atom. The fraction of sp³-hybridized carbons (Fsp3) is 0.417. The topological polar surface area (TPSA) is 70.8 Å². The maximum Gasteiger partial charge on any atom is 0.203 e. The van der Waals surface area contributed by atoms with Crippen LogP contribution in [0.25, 0.3) is 0 Å². The van der Waals surface area contributed by atoms with Crippen molar-refractivity contribution in [2.45, 2.75) is 12.5 Å². The third-order valence-electron chi connectivity index (χ3n) is 2.96. The number of ketones is 1. The normalized spacial score (nSPS) is 17.9. The second-order valence-corrected chi connectivity index (χ2v) is 3.85. The number of hydrogen-bond acceptors (Lipinski definition) is 5. The van der Waals surface area contributed by atoms with Gasteiger partial charge in [0, 0.05) is 11.1 Å². The molecule has 1 atom stereocenters. The van der Waals surface area contributed by atoms with Crippen LogP contribution in [-0.2, 0) is 6.42 Å². The van der Waals surface area contributed by atoms with Gasteiger partial charge in [0.1, 0.15) is 0 Å². The molecule has 1 unspecified atom stereocenters. The van der Waals surface area contributed by atoms with Crippen molar-refractivity contribution in [2.24, 2.45) is 5.73 Å². The van der Waals surface area contributed by atoms with Gasteiger partial charge in [0.2, 0.25) is 5.75 Å². The summed E-state index contributed by atoms with van der Waals surface area (Å²) in [4.78, 5) is 11.9. The van der Waals surface area contributed by atoms with E-state index in [-0.39, 0.29) is 5.78 Å². The van der Waals surface area contributed by atoms with Gasteiger partial charge in [0.25, 0.3) is 0 Å². The number of hydrogen-bond donors (Lipinski definition) is 1. The summed E-state index contributed by atoms with van der Waals surface area (Å²) >= 11 is 0. The van der Waals surface area contributed by atoms with Gasteiger partial charge in [0.15, 0.2) is 17.3 Å². The van der Waals surface area contributed by atoms with Crippen molar-refractivity contribution in [2.75, 3.05) is 21.3 Å². The van der Waals surface area contributed by atoms with E-state index in [2.05, 4.69) is 0 Å². The van der Waals surface area contributed by atoms with Crippen molar-refractivity contribution in [1.29, 1.82) is 0 Å². The van der Waals surface area contributed by atoms with Crippen LogP contribution in [0, 0.1) is 0 Å². The Kier molecular flexibility index (Phi) is 2.93. The van der Waals surface area contributed by atoms with Crippen molar-refractivity contribution in [3.8, 4) is 17.2 Å². The fourth-order valence-electron chi connectivity index (χ4n) is 2.15. The lowest BCUT2D eigenvalue weighted by Crippen LogP contribution is -2.26. The summed E-state index contributed by atoms with van der Waals surface area (Å²) < 4.78 is 15.7. The molecule has 0 spiro atoms. The van der Waals surface area contributed by atoms with Gasteiger partial charge in [-0.15, -0.1) is 0 Å². The molecule has 2 N–H and O–H groups in total. The molecule has 5 heteroatoms. The van der Waals surface area contributed by atoms with Crippen molar-refractivity contribution >= 4 is 5.78 Å². The molecular weight excluding hydrogens is 222 g/mol. The van der Waals surface area contributed by atoms with Gasteiger partial charge in [0.05, 0.1) is 27.4 Å². The fourth-order valence-corrected chi connectivity index (χ4v) is 2.15. The SMILES string of the molecule is COc1cc2c(c(OC)c1OC)CC(N)C2=O. The van der Waals surface area contributed by atoms with Gasteiger partial charge in [-0.2, -0.15) is 0 Å². The number of ether oxygens (including phenoxy) is 3. The molecule has 1 aromatic rings. The maximum atomic E-state index is 11.9. The van der Waals surface area contributed by atoms with Crippen molar-refractivity contribution in [3.05, 3.63) is 17.2 Å². The van der Waals surface area contributed by atoms with E-state index in [9.17, 15) is 4.79 Å². The van der Waals surface area contributed by atoms with Gasteiger partial charge in [-0.1, -0.05) is 0 Å². The standard InChI is InChI=1S/C12H15NO4/c1-15-9-5-6-7(4-8(13)10(6)14)11(16-2)12(9)17-3/h5,8H,4,13H2,1-3H3. The van der Waals surface area contributed by atoms with Crippen LogP contribution in [0.15, 0.2) is 6.07 Å². The molecule has 1 aliphatic rings. The second-order valence-electron chi connectivity index (χ2n) is 3.85. The van der Waals surface area contributed by atoms with Crippen LogP contribution in [0.2, 0.25) is 0 Å². The minimum atomic E-state index is -0.504. The van der Waals surface area contributed by atoms with E-state index in [1.54, 1.807) is 6.07 Å². The van der Waals surface area contributed by atoms with Crippen LogP contribution in [0.4, 0.5) is 0 Å². The lowest BCUT2D eigenvalue weighted by molar-refractivity contribution is 0.0974. The Balaban J connectivity index is 2.68. The zero-order valence-electron chi connectivity index (χ0n) is 10.1. The Labute approximate surface area is 99.5 Å². The first-order valence-corrected chi connectivity index (χ1v) is 5.25. The van der Waals surface area contributed by atoms with Crippen molar-refractivity contribution in [3.63, 3.8) is 0 Å². The Morgan fingerprint density at radius 1 is 1.18 bits per heavy atom. The average molecular weight is 237 g/mol. The largest absolute Gasteiger partial charge is 0.493 e. The molecule has 5 nitrogen and oxygen atoms in total. The number of Topliss-reactive ketones (excluding diaryl/α,β-unsaturated/α-hetero) is 1. The molecule has 0 heterocycles. The predicted molar refractivity (Wildman–Crippen MR) is 62.1 cm³/mol. The predicted octanol–water partition coefficient (Wildman–Crippen LogP) is 0.778. The Bertz CT molecular complexity index is 470. The van der Waals surface area contributed by atoms with Crippen LogP contribution < -0.4 is 19.9 Å². The lowest BCUT2D eigenvalue weighted by Gasteiger charge is -2.15. The van der Waals surface area contributed by atoms with E-state index in [0.717, 1.165) is 5.56 Å². The summed E-state index contributed by atoms with van der Waals surface area (Å²) in [6, 6.07) is 1.15. The highest BCUT2D eigenvalue weighted by molar-refractivity contribution is 6.06. The first kappa shape index (κ1) is 11.7. The second kappa shape index (κ2) is 4.25. The number of rotatable bonds is 3. The highest BCUT2D eigenvalue weighted by Gasteiger charge is 2.33.